The normalized spacial score (nSPS) is 41.5. The third-order valence-electron chi connectivity index (χ3n) is 12.6. The molecular weight excluding hydrogens is 728 g/mol. The highest BCUT2D eigenvalue weighted by Crippen LogP contribution is 2.48. The molecule has 5 heterocycles. The highest BCUT2D eigenvalue weighted by molar-refractivity contribution is 5.73. The number of nitrogens with zero attached hydrogens (tertiary/aromatic N) is 4. The molecule has 0 amide bonds. The lowest BCUT2D eigenvalue weighted by molar-refractivity contribution is -0.384. The van der Waals surface area contributed by atoms with E-state index in [1.807, 2.05) is 44.7 Å². The van der Waals surface area contributed by atoms with Crippen LogP contribution in [0, 0.1) is 27.9 Å². The fourth-order valence-corrected chi connectivity index (χ4v) is 9.41. The maximum absolute atomic E-state index is 14.3. The number of nitrogen functional groups attached to an aromatic ring is 1. The number of nitrogens with two attached hydrogens (primary N) is 1. The van der Waals surface area contributed by atoms with Crippen molar-refractivity contribution in [3.05, 3.63) is 22.2 Å². The van der Waals surface area contributed by atoms with Gasteiger partial charge in [-0.25, -0.2) is 4.98 Å². The molecule has 4 fully saturated rings. The molecule has 4 saturated heterocycles. The number of hydrogen-bond acceptors (Lipinski definition) is 16. The number of cyclic esters (lactones) is 1. The summed E-state index contributed by atoms with van der Waals surface area (Å²) in [6.45, 7) is 16.0. The monoisotopic (exact) mass is 794 g/mol. The van der Waals surface area contributed by atoms with Crippen LogP contribution in [0.5, 0.6) is 0 Å². The minimum atomic E-state index is -1.76. The molecule has 17 nitrogen and oxygen atoms in total. The maximum Gasteiger partial charge on any atom is 0.311 e. The van der Waals surface area contributed by atoms with Crippen LogP contribution in [-0.4, -0.2) is 142 Å². The molecule has 0 aliphatic carbocycles. The second-order valence-electron chi connectivity index (χ2n) is 17.5. The van der Waals surface area contributed by atoms with E-state index in [9.17, 15) is 30.2 Å². The Hall–Kier alpha value is -2.74. The lowest BCUT2D eigenvalue weighted by Gasteiger charge is -2.49. The SMILES string of the molecule is CC[C@H]1OC(=O)[C@H](C)[C@H]2OC3(CCN(c4ccc([N+](=O)[O-])c(N)n4)CC3)O[C@](C)(C[C@@H](C)CN[C@H](C)[C@@H](O)[C@]1(C)O)[C@H](O[C@@H]1O[C@H](C)CC(N(C)C)[C@H]1O)[C@H]2C. The second-order valence-corrected chi connectivity index (χ2v) is 17.5. The van der Waals surface area contributed by atoms with Crippen molar-refractivity contribution in [2.24, 2.45) is 17.8 Å². The summed E-state index contributed by atoms with van der Waals surface area (Å²) in [5.41, 5.74) is 2.85. The molecule has 4 aliphatic rings. The summed E-state index contributed by atoms with van der Waals surface area (Å²) in [4.78, 5) is 33.4. The molecule has 1 unspecified atom stereocenters. The van der Waals surface area contributed by atoms with Crippen LogP contribution in [0.1, 0.15) is 87.5 Å². The summed E-state index contributed by atoms with van der Waals surface area (Å²) < 4.78 is 33.8. The van der Waals surface area contributed by atoms with Crippen LogP contribution in [-0.2, 0) is 28.5 Å². The first-order valence-corrected chi connectivity index (χ1v) is 20.2. The number of aliphatic hydroxyl groups is 3. The molecule has 0 aromatic carbocycles. The van der Waals surface area contributed by atoms with Crippen molar-refractivity contribution < 1.29 is 48.7 Å². The Kier molecular flexibility index (Phi) is 13.7. The third-order valence-corrected chi connectivity index (χ3v) is 12.6. The number of carbonyl (C=O) groups is 1. The van der Waals surface area contributed by atoms with Gasteiger partial charge in [-0.15, -0.1) is 0 Å². The van der Waals surface area contributed by atoms with E-state index in [4.69, 9.17) is 29.4 Å². The van der Waals surface area contributed by atoms with Gasteiger partial charge in [0.05, 0.1) is 34.8 Å². The predicted molar refractivity (Wildman–Crippen MR) is 208 cm³/mol. The first-order valence-electron chi connectivity index (χ1n) is 20.2. The van der Waals surface area contributed by atoms with Crippen LogP contribution >= 0.6 is 0 Å². The van der Waals surface area contributed by atoms with Crippen molar-refractivity contribution in [3.8, 4) is 0 Å². The van der Waals surface area contributed by atoms with E-state index in [1.54, 1.807) is 26.8 Å². The Labute approximate surface area is 330 Å². The number of piperidine rings is 1. The number of ether oxygens (including phenoxy) is 5. The van der Waals surface area contributed by atoms with E-state index in [0.717, 1.165) is 0 Å². The summed E-state index contributed by atoms with van der Waals surface area (Å²) in [5, 5.41) is 49.5. The van der Waals surface area contributed by atoms with Gasteiger partial charge in [0, 0.05) is 50.0 Å². The van der Waals surface area contributed by atoms with Crippen LogP contribution < -0.4 is 16.0 Å². The smallest absolute Gasteiger partial charge is 0.311 e. The number of aromatic nitrogens is 1. The lowest BCUT2D eigenvalue weighted by Crippen LogP contribution is -2.60. The van der Waals surface area contributed by atoms with Gasteiger partial charge in [0.2, 0.25) is 5.82 Å². The van der Waals surface area contributed by atoms with E-state index in [1.165, 1.54) is 13.0 Å². The average molecular weight is 795 g/mol. The predicted octanol–water partition coefficient (Wildman–Crippen LogP) is 2.58. The van der Waals surface area contributed by atoms with Crippen LogP contribution in [0.4, 0.5) is 17.3 Å². The third kappa shape index (κ3) is 9.10. The molecule has 0 radical (unpaired) electrons. The number of anilines is 2. The largest absolute Gasteiger partial charge is 0.459 e. The van der Waals surface area contributed by atoms with Gasteiger partial charge in [-0.2, -0.15) is 0 Å². The van der Waals surface area contributed by atoms with Gasteiger partial charge in [-0.1, -0.05) is 20.8 Å². The standard InChI is InChI=1S/C39H66N6O11/c1-11-28-38(8,49)32(47)25(6)41-20-21(2)19-37(7)33(54-36-30(46)27(43(9)10)18-22(3)52-36)23(4)31(24(5)35(48)53-28)55-39(56-37)14-16-44(17-15-39)29-13-12-26(45(50)51)34(40)42-29/h12-13,21-25,27-28,30-33,36,41,46-47,49H,11,14-20H2,1-10H3,(H2,40,42)/t21-,22-,23+,24-,25-,27?,28-,30-,31+,32-,33-,36+,37-,38-/m1/s1. The first kappa shape index (κ1) is 44.4. The second kappa shape index (κ2) is 17.2. The van der Waals surface area contributed by atoms with E-state index in [-0.39, 0.29) is 36.0 Å². The summed E-state index contributed by atoms with van der Waals surface area (Å²) >= 11 is 0. The Morgan fingerprint density at radius 1 is 1.14 bits per heavy atom. The highest BCUT2D eigenvalue weighted by Gasteiger charge is 2.58. The molecule has 5 rings (SSSR count). The van der Waals surface area contributed by atoms with Gasteiger partial charge >= 0.3 is 11.7 Å². The van der Waals surface area contributed by atoms with E-state index < -0.39 is 82.6 Å². The topological polar surface area (TPSA) is 224 Å². The number of nitro groups is 1. The number of pyridine rings is 1. The van der Waals surface area contributed by atoms with E-state index >= 15 is 0 Å². The maximum atomic E-state index is 14.3. The molecule has 1 aromatic heterocycles. The minimum absolute atomic E-state index is 0.0630. The highest BCUT2D eigenvalue weighted by atomic mass is 16.7. The summed E-state index contributed by atoms with van der Waals surface area (Å²) in [6.07, 6.45) is -4.09. The number of esters is 1. The number of nitrogens with one attached hydrogen (secondary N) is 1. The molecule has 318 valence electrons. The number of rotatable bonds is 6. The van der Waals surface area contributed by atoms with Crippen molar-refractivity contribution in [1.82, 2.24) is 15.2 Å². The number of likely N-dealkylation sites (N-methyl/N-ethyl adjacent to an activating group) is 1. The minimum Gasteiger partial charge on any atom is -0.459 e. The Morgan fingerprint density at radius 2 is 1.80 bits per heavy atom. The lowest BCUT2D eigenvalue weighted by atomic mass is 9.78. The zero-order valence-electron chi connectivity index (χ0n) is 34.7. The van der Waals surface area contributed by atoms with Gasteiger partial charge in [0.15, 0.2) is 12.1 Å². The number of hydrogen-bond donors (Lipinski definition) is 5. The molecule has 1 aromatic rings. The van der Waals surface area contributed by atoms with Gasteiger partial charge < -0.3 is 59.9 Å². The van der Waals surface area contributed by atoms with Crippen LogP contribution in [0.2, 0.25) is 0 Å². The quantitative estimate of drug-likeness (QED) is 0.159. The number of aliphatic hydroxyl groups excluding tert-OH is 2. The van der Waals surface area contributed by atoms with Crippen molar-refractivity contribution in [2.45, 2.75) is 159 Å². The van der Waals surface area contributed by atoms with Crippen LogP contribution in [0.3, 0.4) is 0 Å². The van der Waals surface area contributed by atoms with Crippen molar-refractivity contribution in [3.63, 3.8) is 0 Å². The fourth-order valence-electron chi connectivity index (χ4n) is 9.41. The van der Waals surface area contributed by atoms with E-state index in [2.05, 4.69) is 17.2 Å². The molecule has 6 N–H and O–H groups in total. The molecule has 56 heavy (non-hydrogen) atoms. The molecular formula is C39H66N6O11. The molecule has 17 heteroatoms. The molecule has 0 saturated carbocycles. The van der Waals surface area contributed by atoms with Crippen LogP contribution in [0.15, 0.2) is 12.1 Å². The average Bonchev–Trinajstić information content (AvgIpc) is 3.21. The Morgan fingerprint density at radius 3 is 2.39 bits per heavy atom. The summed E-state index contributed by atoms with van der Waals surface area (Å²) in [5.74, 6) is -3.00. The molecule has 1 spiro atoms. The zero-order valence-corrected chi connectivity index (χ0v) is 34.7. The van der Waals surface area contributed by atoms with Gasteiger partial charge in [-0.3, -0.25) is 14.9 Å². The zero-order chi connectivity index (χ0) is 41.5. The molecule has 14 atom stereocenters. The summed E-state index contributed by atoms with van der Waals surface area (Å²) in [6, 6.07) is 2.13. The van der Waals surface area contributed by atoms with Crippen molar-refractivity contribution >= 4 is 23.3 Å². The van der Waals surface area contributed by atoms with Gasteiger partial charge in [-0.05, 0) is 86.5 Å². The van der Waals surface area contributed by atoms with E-state index in [0.29, 0.717) is 51.1 Å². The first-order chi connectivity index (χ1) is 26.1. The molecule has 2 bridgehead atoms. The Bertz CT molecular complexity index is 1530. The number of carbonyl (C=O) groups excluding carboxylic acids is 1. The van der Waals surface area contributed by atoms with Crippen molar-refractivity contribution in [2.75, 3.05) is 44.4 Å². The Balaban J connectivity index is 1.58. The molecule has 4 aliphatic heterocycles. The van der Waals surface area contributed by atoms with Crippen molar-refractivity contribution in [1.29, 1.82) is 0 Å². The van der Waals surface area contributed by atoms with Gasteiger partial charge in [0.25, 0.3) is 0 Å². The van der Waals surface area contributed by atoms with Crippen LogP contribution in [0.25, 0.3) is 0 Å². The fraction of sp³-hybridized carbons (Fsp3) is 0.846. The van der Waals surface area contributed by atoms with Gasteiger partial charge in [0.1, 0.15) is 29.7 Å². The summed E-state index contributed by atoms with van der Waals surface area (Å²) in [7, 11) is 3.83. The number of fused-ring (bicyclic) bond motifs is 3.